The Balaban J connectivity index is 1.91. The van der Waals surface area contributed by atoms with E-state index in [9.17, 15) is 0 Å². The van der Waals surface area contributed by atoms with E-state index in [1.54, 1.807) is 0 Å². The van der Waals surface area contributed by atoms with Crippen LogP contribution in [0.2, 0.25) is 0 Å². The van der Waals surface area contributed by atoms with Gasteiger partial charge in [0, 0.05) is 23.1 Å². The molecule has 1 aromatic heterocycles. The number of aromatic nitrogens is 1. The lowest BCUT2D eigenvalue weighted by atomic mass is 9.84. The van der Waals surface area contributed by atoms with Gasteiger partial charge in [-0.2, -0.15) is 0 Å². The van der Waals surface area contributed by atoms with Crippen molar-refractivity contribution in [3.63, 3.8) is 0 Å². The van der Waals surface area contributed by atoms with Crippen LogP contribution in [0.3, 0.4) is 0 Å². The van der Waals surface area contributed by atoms with Gasteiger partial charge in [-0.15, -0.1) is 0 Å². The third-order valence-corrected chi connectivity index (χ3v) is 6.00. The molecule has 2 heterocycles. The quantitative estimate of drug-likeness (QED) is 0.792. The molecule has 0 radical (unpaired) electrons. The number of ether oxygens (including phenoxy) is 1. The zero-order valence-electron chi connectivity index (χ0n) is 16.7. The summed E-state index contributed by atoms with van der Waals surface area (Å²) < 4.78 is 6.72. The van der Waals surface area contributed by atoms with Gasteiger partial charge in [-0.05, 0) is 49.8 Å². The Morgan fingerprint density at radius 3 is 2.48 bits per heavy atom. The molecule has 0 spiro atoms. The van der Waals surface area contributed by atoms with Crippen molar-refractivity contribution in [2.24, 2.45) is 5.41 Å². The molecule has 0 amide bonds. The van der Waals surface area contributed by atoms with E-state index in [2.05, 4.69) is 82.0 Å². The molecule has 0 bridgehead atoms. The standard InChI is InChI=1S/C22H34N2O/c1-7-22(8-2)19(24(6)20(25-22)14-21(3,4)5)13-16-15-23-18-12-10-9-11-17(16)18/h9-12,15,19-20,23H,7-8,13-14H2,1-6H3/t19-,20-/m0/s1. The fourth-order valence-corrected chi connectivity index (χ4v) is 4.44. The van der Waals surface area contributed by atoms with Crippen LogP contribution in [0.15, 0.2) is 30.5 Å². The summed E-state index contributed by atoms with van der Waals surface area (Å²) in [5.74, 6) is 0. The third-order valence-electron chi connectivity index (χ3n) is 6.00. The largest absolute Gasteiger partial charge is 0.361 e. The van der Waals surface area contributed by atoms with Crippen molar-refractivity contribution in [3.8, 4) is 0 Å². The predicted molar refractivity (Wildman–Crippen MR) is 106 cm³/mol. The van der Waals surface area contributed by atoms with Crippen LogP contribution in [0.4, 0.5) is 0 Å². The molecule has 1 saturated heterocycles. The van der Waals surface area contributed by atoms with Gasteiger partial charge in [-0.1, -0.05) is 52.8 Å². The zero-order valence-corrected chi connectivity index (χ0v) is 16.7. The van der Waals surface area contributed by atoms with Crippen molar-refractivity contribution in [1.29, 1.82) is 0 Å². The molecule has 2 aromatic rings. The second-order valence-corrected chi connectivity index (χ2v) is 8.85. The Hall–Kier alpha value is -1.32. The maximum absolute atomic E-state index is 6.72. The topological polar surface area (TPSA) is 28.3 Å². The van der Waals surface area contributed by atoms with E-state index < -0.39 is 0 Å². The summed E-state index contributed by atoms with van der Waals surface area (Å²) in [6.45, 7) is 11.5. The molecule has 138 valence electrons. The van der Waals surface area contributed by atoms with Crippen LogP contribution >= 0.6 is 0 Å². The summed E-state index contributed by atoms with van der Waals surface area (Å²) in [6.07, 6.45) is 6.60. The Bertz CT molecular complexity index is 708. The number of hydrogen-bond donors (Lipinski definition) is 1. The van der Waals surface area contributed by atoms with Crippen molar-refractivity contribution < 1.29 is 4.74 Å². The second kappa shape index (κ2) is 6.77. The molecule has 2 atom stereocenters. The number of nitrogens with zero attached hydrogens (tertiary/aromatic N) is 1. The summed E-state index contributed by atoms with van der Waals surface area (Å²) in [7, 11) is 2.25. The average Bonchev–Trinajstić information content (AvgIpc) is 3.08. The predicted octanol–water partition coefficient (Wildman–Crippen LogP) is 5.36. The summed E-state index contributed by atoms with van der Waals surface area (Å²) in [5, 5.41) is 1.34. The highest BCUT2D eigenvalue weighted by Crippen LogP contribution is 2.42. The molecule has 0 aliphatic carbocycles. The smallest absolute Gasteiger partial charge is 0.112 e. The van der Waals surface area contributed by atoms with Crippen LogP contribution in [0.5, 0.6) is 0 Å². The van der Waals surface area contributed by atoms with Crippen molar-refractivity contribution in [2.45, 2.75) is 78.2 Å². The first kappa shape index (κ1) is 18.5. The monoisotopic (exact) mass is 342 g/mol. The van der Waals surface area contributed by atoms with Gasteiger partial charge < -0.3 is 9.72 Å². The SMILES string of the molecule is CCC1(CC)O[C@@H](CC(C)(C)C)N(C)[C@H]1Cc1c[nH]c2ccccc12. The molecular weight excluding hydrogens is 308 g/mol. The molecule has 25 heavy (non-hydrogen) atoms. The molecule has 1 aromatic carbocycles. The van der Waals surface area contributed by atoms with Gasteiger partial charge in [0.1, 0.15) is 6.23 Å². The molecular formula is C22H34N2O. The van der Waals surface area contributed by atoms with E-state index >= 15 is 0 Å². The fraction of sp³-hybridized carbons (Fsp3) is 0.636. The first-order valence-corrected chi connectivity index (χ1v) is 9.74. The van der Waals surface area contributed by atoms with E-state index in [1.165, 1.54) is 16.5 Å². The van der Waals surface area contributed by atoms with Gasteiger partial charge in [-0.3, -0.25) is 4.90 Å². The van der Waals surface area contributed by atoms with Crippen molar-refractivity contribution in [1.82, 2.24) is 9.88 Å². The number of likely N-dealkylation sites (N-methyl/N-ethyl adjacent to an activating group) is 1. The van der Waals surface area contributed by atoms with Crippen molar-refractivity contribution >= 4 is 10.9 Å². The van der Waals surface area contributed by atoms with Crippen LogP contribution in [0.25, 0.3) is 10.9 Å². The minimum Gasteiger partial charge on any atom is -0.361 e. The first-order valence-electron chi connectivity index (χ1n) is 9.74. The van der Waals surface area contributed by atoms with E-state index in [4.69, 9.17) is 4.74 Å². The fourth-order valence-electron chi connectivity index (χ4n) is 4.44. The number of hydrogen-bond acceptors (Lipinski definition) is 2. The van der Waals surface area contributed by atoms with E-state index in [-0.39, 0.29) is 17.2 Å². The molecule has 0 unspecified atom stereocenters. The van der Waals surface area contributed by atoms with E-state index in [1.807, 2.05) is 0 Å². The number of para-hydroxylation sites is 1. The molecule has 0 saturated carbocycles. The van der Waals surface area contributed by atoms with Crippen molar-refractivity contribution in [2.75, 3.05) is 7.05 Å². The van der Waals surface area contributed by atoms with Crippen LogP contribution in [-0.2, 0) is 11.2 Å². The Kier molecular flexibility index (Phi) is 5.00. The van der Waals surface area contributed by atoms with Crippen LogP contribution < -0.4 is 0 Å². The highest BCUT2D eigenvalue weighted by molar-refractivity contribution is 5.83. The van der Waals surface area contributed by atoms with Crippen LogP contribution in [0, 0.1) is 5.41 Å². The Labute approximate surface area is 152 Å². The van der Waals surface area contributed by atoms with Gasteiger partial charge in [0.2, 0.25) is 0 Å². The first-order chi connectivity index (χ1) is 11.8. The summed E-state index contributed by atoms with van der Waals surface area (Å²) >= 11 is 0. The third kappa shape index (κ3) is 3.50. The van der Waals surface area contributed by atoms with Crippen molar-refractivity contribution in [3.05, 3.63) is 36.0 Å². The maximum Gasteiger partial charge on any atom is 0.112 e. The lowest BCUT2D eigenvalue weighted by Gasteiger charge is -2.33. The average molecular weight is 343 g/mol. The van der Waals surface area contributed by atoms with E-state index in [0.29, 0.717) is 6.04 Å². The molecule has 1 fully saturated rings. The van der Waals surface area contributed by atoms with Gasteiger partial charge in [0.15, 0.2) is 0 Å². The lowest BCUT2D eigenvalue weighted by Crippen LogP contribution is -2.45. The van der Waals surface area contributed by atoms with E-state index in [0.717, 1.165) is 25.7 Å². The molecule has 1 aliphatic heterocycles. The minimum atomic E-state index is -0.0525. The molecule has 3 nitrogen and oxygen atoms in total. The maximum atomic E-state index is 6.72. The van der Waals surface area contributed by atoms with Gasteiger partial charge in [-0.25, -0.2) is 0 Å². The summed E-state index contributed by atoms with van der Waals surface area (Å²) in [6, 6.07) is 9.01. The summed E-state index contributed by atoms with van der Waals surface area (Å²) in [4.78, 5) is 5.93. The Morgan fingerprint density at radius 2 is 1.84 bits per heavy atom. The number of rotatable bonds is 5. The summed E-state index contributed by atoms with van der Waals surface area (Å²) in [5.41, 5.74) is 2.84. The van der Waals surface area contributed by atoms with Gasteiger partial charge >= 0.3 is 0 Å². The number of fused-ring (bicyclic) bond motifs is 1. The molecule has 3 rings (SSSR count). The minimum absolute atomic E-state index is 0.0525. The normalized spacial score (nSPS) is 24.2. The van der Waals surface area contributed by atoms with Crippen LogP contribution in [0.1, 0.15) is 59.4 Å². The molecule has 1 aliphatic rings. The lowest BCUT2D eigenvalue weighted by molar-refractivity contribution is -0.0758. The number of nitrogens with one attached hydrogen (secondary N) is 1. The zero-order chi connectivity index (χ0) is 18.2. The molecule has 3 heteroatoms. The van der Waals surface area contributed by atoms with Gasteiger partial charge in [0.25, 0.3) is 0 Å². The Morgan fingerprint density at radius 1 is 1.16 bits per heavy atom. The highest BCUT2D eigenvalue weighted by atomic mass is 16.5. The number of H-pyrrole nitrogens is 1. The van der Waals surface area contributed by atoms with Crippen LogP contribution in [-0.4, -0.2) is 34.8 Å². The van der Waals surface area contributed by atoms with Gasteiger partial charge in [0.05, 0.1) is 5.60 Å². The highest BCUT2D eigenvalue weighted by Gasteiger charge is 2.50. The molecule has 1 N–H and O–H groups in total. The number of benzene rings is 1. The number of aromatic amines is 1. The second-order valence-electron chi connectivity index (χ2n) is 8.85.